The van der Waals surface area contributed by atoms with E-state index in [1.54, 1.807) is 7.11 Å². The third-order valence-corrected chi connectivity index (χ3v) is 3.48. The lowest BCUT2D eigenvalue weighted by Gasteiger charge is -2.26. The van der Waals surface area contributed by atoms with Crippen molar-refractivity contribution in [1.29, 1.82) is 0 Å². The van der Waals surface area contributed by atoms with Gasteiger partial charge in [0.05, 0.1) is 7.11 Å². The van der Waals surface area contributed by atoms with E-state index in [1.807, 2.05) is 31.2 Å². The Morgan fingerprint density at radius 2 is 2.14 bits per heavy atom. The molecule has 1 aromatic carbocycles. The number of aliphatic hydroxyl groups is 1. The molecule has 1 rings (SSSR count). The molecule has 3 N–H and O–H groups in total. The van der Waals surface area contributed by atoms with Gasteiger partial charge in [-0.25, -0.2) is 4.79 Å². The lowest BCUT2D eigenvalue weighted by molar-refractivity contribution is 0.229. The van der Waals surface area contributed by atoms with Gasteiger partial charge in [0.25, 0.3) is 0 Å². The lowest BCUT2D eigenvalue weighted by Crippen LogP contribution is -2.45. The minimum atomic E-state index is -0.216. The van der Waals surface area contributed by atoms with E-state index < -0.39 is 0 Å². The number of nitrogens with one attached hydrogen (secondary N) is 2. The zero-order chi connectivity index (χ0) is 15.9. The Labute approximate surface area is 126 Å². The van der Waals surface area contributed by atoms with Crippen molar-refractivity contribution in [2.45, 2.75) is 38.6 Å². The zero-order valence-electron chi connectivity index (χ0n) is 13.3. The zero-order valence-corrected chi connectivity index (χ0v) is 13.3. The van der Waals surface area contributed by atoms with Crippen molar-refractivity contribution >= 4 is 6.03 Å². The Morgan fingerprint density at radius 3 is 2.76 bits per heavy atom. The summed E-state index contributed by atoms with van der Waals surface area (Å²) in [5.74, 6) is 0.807. The molecule has 2 amide bonds. The van der Waals surface area contributed by atoms with Crippen LogP contribution in [0.25, 0.3) is 0 Å². The molecule has 0 aliphatic rings. The molecule has 118 valence electrons. The summed E-state index contributed by atoms with van der Waals surface area (Å²) in [4.78, 5) is 11.8. The third-order valence-electron chi connectivity index (χ3n) is 3.48. The maximum absolute atomic E-state index is 11.8. The summed E-state index contributed by atoms with van der Waals surface area (Å²) in [7, 11) is 1.64. The van der Waals surface area contributed by atoms with Crippen molar-refractivity contribution in [1.82, 2.24) is 10.6 Å². The second kappa shape index (κ2) is 7.88. The van der Waals surface area contributed by atoms with Crippen molar-refractivity contribution < 1.29 is 14.6 Å². The van der Waals surface area contributed by atoms with Crippen molar-refractivity contribution in [3.8, 4) is 5.75 Å². The molecule has 21 heavy (non-hydrogen) atoms. The topological polar surface area (TPSA) is 70.6 Å². The molecule has 0 spiro atoms. The normalized spacial score (nSPS) is 12.6. The monoisotopic (exact) mass is 294 g/mol. The largest absolute Gasteiger partial charge is 0.497 e. The average molecular weight is 294 g/mol. The molecule has 0 bridgehead atoms. The first kappa shape index (κ1) is 17.3. The molecule has 0 fully saturated rings. The highest BCUT2D eigenvalue weighted by atomic mass is 16.5. The number of methoxy groups -OCH3 is 1. The van der Waals surface area contributed by atoms with Crippen LogP contribution in [-0.4, -0.2) is 37.4 Å². The van der Waals surface area contributed by atoms with Crippen LogP contribution in [0, 0.1) is 0 Å². The summed E-state index contributed by atoms with van der Waals surface area (Å²) in [5.41, 5.74) is 0.900. The first-order valence-electron chi connectivity index (χ1n) is 7.19. The first-order chi connectivity index (χ1) is 9.89. The van der Waals surface area contributed by atoms with Crippen LogP contribution in [0.2, 0.25) is 0 Å². The van der Waals surface area contributed by atoms with Gasteiger partial charge in [0.1, 0.15) is 5.75 Å². The molecule has 1 atom stereocenters. The van der Waals surface area contributed by atoms with Crippen LogP contribution in [0.3, 0.4) is 0 Å². The summed E-state index contributed by atoms with van der Waals surface area (Å²) < 4.78 is 5.23. The molecule has 0 aromatic heterocycles. The van der Waals surface area contributed by atoms with E-state index in [4.69, 9.17) is 9.84 Å². The molecule has 0 radical (unpaired) electrons. The Hall–Kier alpha value is -1.75. The van der Waals surface area contributed by atoms with Crippen molar-refractivity contribution in [2.24, 2.45) is 0 Å². The predicted molar refractivity (Wildman–Crippen MR) is 83.7 cm³/mol. The van der Waals surface area contributed by atoms with Crippen molar-refractivity contribution in [3.63, 3.8) is 0 Å². The fourth-order valence-electron chi connectivity index (χ4n) is 1.99. The van der Waals surface area contributed by atoms with E-state index in [9.17, 15) is 4.79 Å². The highest BCUT2D eigenvalue weighted by molar-refractivity contribution is 5.74. The van der Waals surface area contributed by atoms with E-state index in [1.165, 1.54) is 0 Å². The minimum absolute atomic E-state index is 0.0464. The molecule has 5 heteroatoms. The van der Waals surface area contributed by atoms with E-state index in [0.29, 0.717) is 13.0 Å². The smallest absolute Gasteiger partial charge is 0.315 e. The van der Waals surface area contributed by atoms with Gasteiger partial charge in [-0.15, -0.1) is 0 Å². The number of amides is 2. The number of carbonyl (C=O) groups is 1. The number of rotatable bonds is 7. The van der Waals surface area contributed by atoms with Crippen molar-refractivity contribution in [2.75, 3.05) is 20.3 Å². The van der Waals surface area contributed by atoms with Gasteiger partial charge in [0.2, 0.25) is 0 Å². The number of ether oxygens (including phenoxy) is 1. The molecule has 5 nitrogen and oxygen atoms in total. The van der Waals surface area contributed by atoms with E-state index in [2.05, 4.69) is 24.5 Å². The van der Waals surface area contributed by atoms with Crippen molar-refractivity contribution in [3.05, 3.63) is 29.8 Å². The van der Waals surface area contributed by atoms with Gasteiger partial charge < -0.3 is 20.5 Å². The summed E-state index contributed by atoms with van der Waals surface area (Å²) in [6.45, 7) is 6.58. The van der Waals surface area contributed by atoms with Gasteiger partial charge in [0.15, 0.2) is 0 Å². The molecule has 0 unspecified atom stereocenters. The molecule has 0 heterocycles. The average Bonchev–Trinajstić information content (AvgIpc) is 2.45. The maximum atomic E-state index is 11.8. The van der Waals surface area contributed by atoms with E-state index >= 15 is 0 Å². The molecule has 0 saturated heterocycles. The van der Waals surface area contributed by atoms with Crippen LogP contribution >= 0.6 is 0 Å². The van der Waals surface area contributed by atoms with E-state index in [-0.39, 0.29) is 24.1 Å². The number of aliphatic hydroxyl groups excluding tert-OH is 1. The van der Waals surface area contributed by atoms with Gasteiger partial charge in [-0.2, -0.15) is 0 Å². The van der Waals surface area contributed by atoms with Gasteiger partial charge in [0, 0.05) is 24.6 Å². The predicted octanol–water partition coefficient (Wildman–Crippen LogP) is 2.04. The lowest BCUT2D eigenvalue weighted by atomic mass is 9.84. The highest BCUT2D eigenvalue weighted by Gasteiger charge is 2.22. The number of hydrogen-bond acceptors (Lipinski definition) is 3. The number of urea groups is 1. The number of benzene rings is 1. The molecular weight excluding hydrogens is 268 g/mol. The Kier molecular flexibility index (Phi) is 6.49. The molecule has 0 aliphatic carbocycles. The van der Waals surface area contributed by atoms with Gasteiger partial charge >= 0.3 is 6.03 Å². The summed E-state index contributed by atoms with van der Waals surface area (Å²) in [6.07, 6.45) is 0.548. The molecule has 1 aromatic rings. The maximum Gasteiger partial charge on any atom is 0.315 e. The van der Waals surface area contributed by atoms with Gasteiger partial charge in [-0.1, -0.05) is 26.0 Å². The molecular formula is C16H26N2O3. The van der Waals surface area contributed by atoms with Crippen LogP contribution in [0.5, 0.6) is 5.75 Å². The fraction of sp³-hybridized carbons (Fsp3) is 0.562. The minimum Gasteiger partial charge on any atom is -0.497 e. The third kappa shape index (κ3) is 5.63. The second-order valence-electron chi connectivity index (χ2n) is 5.86. The van der Waals surface area contributed by atoms with Crippen LogP contribution < -0.4 is 15.4 Å². The van der Waals surface area contributed by atoms with Gasteiger partial charge in [-0.05, 0) is 31.0 Å². The quantitative estimate of drug-likeness (QED) is 0.721. The van der Waals surface area contributed by atoms with Crippen LogP contribution in [0.15, 0.2) is 24.3 Å². The number of carbonyl (C=O) groups excluding carboxylic acids is 1. The standard InChI is InChI=1S/C16H26N2O3/c1-12(8-9-19)18-15(20)17-11-16(2,3)13-6-5-7-14(10-13)21-4/h5-7,10,12,19H,8-9,11H2,1-4H3,(H2,17,18,20)/t12-/m1/s1. The van der Waals surface area contributed by atoms with Gasteiger partial charge in [-0.3, -0.25) is 0 Å². The van der Waals surface area contributed by atoms with Crippen LogP contribution in [0.4, 0.5) is 4.79 Å². The molecule has 0 saturated carbocycles. The Balaban J connectivity index is 2.57. The van der Waals surface area contributed by atoms with E-state index in [0.717, 1.165) is 11.3 Å². The summed E-state index contributed by atoms with van der Waals surface area (Å²) >= 11 is 0. The SMILES string of the molecule is COc1cccc(C(C)(C)CNC(=O)N[C@H](C)CCO)c1. The highest BCUT2D eigenvalue weighted by Crippen LogP contribution is 2.25. The van der Waals surface area contributed by atoms with Crippen LogP contribution in [-0.2, 0) is 5.41 Å². The fourth-order valence-corrected chi connectivity index (χ4v) is 1.99. The Bertz CT molecular complexity index is 461. The summed E-state index contributed by atoms with van der Waals surface area (Å²) in [5, 5.41) is 14.5. The summed E-state index contributed by atoms with van der Waals surface area (Å²) in [6, 6.07) is 7.59. The Morgan fingerprint density at radius 1 is 1.43 bits per heavy atom. The first-order valence-corrected chi connectivity index (χ1v) is 7.19. The second-order valence-corrected chi connectivity index (χ2v) is 5.86. The van der Waals surface area contributed by atoms with Crippen LogP contribution in [0.1, 0.15) is 32.8 Å². The number of hydrogen-bond donors (Lipinski definition) is 3. The molecule has 0 aliphatic heterocycles.